The number of urea groups is 1. The first-order chi connectivity index (χ1) is 10.5. The monoisotopic (exact) mass is 305 g/mol. The minimum atomic E-state index is -0.929. The second kappa shape index (κ2) is 7.68. The van der Waals surface area contributed by atoms with Gasteiger partial charge < -0.3 is 20.6 Å². The zero-order valence-corrected chi connectivity index (χ0v) is 12.8. The van der Waals surface area contributed by atoms with E-state index in [0.29, 0.717) is 5.69 Å². The Balaban J connectivity index is 1.88. The van der Waals surface area contributed by atoms with Gasteiger partial charge in [-0.05, 0) is 37.0 Å². The molecule has 2 amide bonds. The maximum atomic E-state index is 11.7. The molecule has 6 nitrogen and oxygen atoms in total. The molecule has 0 atom stereocenters. The molecule has 22 heavy (non-hydrogen) atoms. The van der Waals surface area contributed by atoms with Crippen molar-refractivity contribution in [3.05, 3.63) is 24.3 Å². The van der Waals surface area contributed by atoms with Gasteiger partial charge in [0.1, 0.15) is 0 Å². The van der Waals surface area contributed by atoms with E-state index in [1.165, 1.54) is 12.8 Å². The van der Waals surface area contributed by atoms with E-state index in [1.54, 1.807) is 0 Å². The molecule has 1 fully saturated rings. The van der Waals surface area contributed by atoms with Crippen LogP contribution in [0.2, 0.25) is 0 Å². The van der Waals surface area contributed by atoms with Gasteiger partial charge in [-0.1, -0.05) is 13.0 Å². The van der Waals surface area contributed by atoms with Gasteiger partial charge in [-0.2, -0.15) is 0 Å². The number of nitrogens with one attached hydrogen (secondary N) is 2. The van der Waals surface area contributed by atoms with Gasteiger partial charge in [-0.25, -0.2) is 4.79 Å². The van der Waals surface area contributed by atoms with Gasteiger partial charge in [0.15, 0.2) is 0 Å². The van der Waals surface area contributed by atoms with Crippen molar-refractivity contribution < 1.29 is 14.7 Å². The molecule has 0 unspecified atom stereocenters. The summed E-state index contributed by atoms with van der Waals surface area (Å²) in [4.78, 5) is 24.4. The molecule has 0 aromatic heterocycles. The quantitative estimate of drug-likeness (QED) is 0.780. The third kappa shape index (κ3) is 4.95. The van der Waals surface area contributed by atoms with Crippen molar-refractivity contribution in [1.29, 1.82) is 0 Å². The molecule has 0 spiro atoms. The third-order valence-corrected chi connectivity index (χ3v) is 3.88. The molecule has 1 aromatic carbocycles. The normalized spacial score (nSPS) is 15.4. The maximum absolute atomic E-state index is 11.7. The van der Waals surface area contributed by atoms with Gasteiger partial charge in [-0.3, -0.25) is 4.79 Å². The van der Waals surface area contributed by atoms with Gasteiger partial charge in [0, 0.05) is 31.0 Å². The summed E-state index contributed by atoms with van der Waals surface area (Å²) >= 11 is 0. The number of carbonyl (C=O) groups excluding carboxylic acids is 1. The summed E-state index contributed by atoms with van der Waals surface area (Å²) in [6, 6.07) is 7.36. The molecular formula is C16H23N3O3. The minimum Gasteiger partial charge on any atom is -0.481 e. The number of carbonyl (C=O) groups is 2. The zero-order chi connectivity index (χ0) is 15.9. The molecule has 1 aliphatic heterocycles. The maximum Gasteiger partial charge on any atom is 0.319 e. The van der Waals surface area contributed by atoms with Gasteiger partial charge in [0.05, 0.1) is 6.42 Å². The van der Waals surface area contributed by atoms with Crippen molar-refractivity contribution in [2.75, 3.05) is 29.9 Å². The molecule has 1 heterocycles. The van der Waals surface area contributed by atoms with Gasteiger partial charge in [0.2, 0.25) is 0 Å². The number of piperidine rings is 1. The van der Waals surface area contributed by atoms with Crippen molar-refractivity contribution in [3.8, 4) is 0 Å². The molecule has 0 aliphatic carbocycles. The number of aliphatic carboxylic acids is 1. The summed E-state index contributed by atoms with van der Waals surface area (Å²) < 4.78 is 0. The lowest BCUT2D eigenvalue weighted by Gasteiger charge is -2.32. The molecule has 6 heteroatoms. The van der Waals surface area contributed by atoms with E-state index in [-0.39, 0.29) is 19.0 Å². The van der Waals surface area contributed by atoms with E-state index < -0.39 is 5.97 Å². The van der Waals surface area contributed by atoms with E-state index >= 15 is 0 Å². The highest BCUT2D eigenvalue weighted by Gasteiger charge is 2.16. The molecule has 1 aliphatic rings. The van der Waals surface area contributed by atoms with Crippen molar-refractivity contribution in [1.82, 2.24) is 5.32 Å². The topological polar surface area (TPSA) is 81.7 Å². The van der Waals surface area contributed by atoms with Crippen molar-refractivity contribution in [3.63, 3.8) is 0 Å². The summed E-state index contributed by atoms with van der Waals surface area (Å²) in [5, 5.41) is 13.8. The van der Waals surface area contributed by atoms with Crippen LogP contribution in [0.5, 0.6) is 0 Å². The zero-order valence-electron chi connectivity index (χ0n) is 12.8. The SMILES string of the molecule is CC1CCN(c2cccc(NC(=O)NCCC(=O)O)c2)CC1. The van der Waals surface area contributed by atoms with Crippen LogP contribution in [-0.2, 0) is 4.79 Å². The van der Waals surface area contributed by atoms with Crippen LogP contribution in [0.3, 0.4) is 0 Å². The van der Waals surface area contributed by atoms with Crippen LogP contribution in [0.15, 0.2) is 24.3 Å². The fraction of sp³-hybridized carbons (Fsp3) is 0.500. The molecule has 2 rings (SSSR count). The van der Waals surface area contributed by atoms with Crippen LogP contribution in [-0.4, -0.2) is 36.7 Å². The lowest BCUT2D eigenvalue weighted by Crippen LogP contribution is -2.33. The number of rotatable bonds is 5. The number of amides is 2. The molecule has 3 N–H and O–H groups in total. The molecule has 0 saturated carbocycles. The summed E-state index contributed by atoms with van der Waals surface area (Å²) in [6.07, 6.45) is 2.29. The number of benzene rings is 1. The van der Waals surface area contributed by atoms with E-state index in [2.05, 4.69) is 22.5 Å². The molecule has 1 saturated heterocycles. The number of carboxylic acid groups (broad SMARTS) is 1. The minimum absolute atomic E-state index is 0.0839. The average molecular weight is 305 g/mol. The van der Waals surface area contributed by atoms with Crippen LogP contribution in [0.4, 0.5) is 16.2 Å². The second-order valence-electron chi connectivity index (χ2n) is 5.74. The number of anilines is 2. The second-order valence-corrected chi connectivity index (χ2v) is 5.74. The highest BCUT2D eigenvalue weighted by Crippen LogP contribution is 2.25. The summed E-state index contributed by atoms with van der Waals surface area (Å²) in [5.74, 6) is -0.154. The molecular weight excluding hydrogens is 282 g/mol. The predicted molar refractivity (Wildman–Crippen MR) is 86.3 cm³/mol. The number of hydrogen-bond acceptors (Lipinski definition) is 3. The summed E-state index contributed by atoms with van der Waals surface area (Å²) in [7, 11) is 0. The van der Waals surface area contributed by atoms with Gasteiger partial charge in [-0.15, -0.1) is 0 Å². The van der Waals surface area contributed by atoms with Crippen molar-refractivity contribution in [2.24, 2.45) is 5.92 Å². The fourth-order valence-corrected chi connectivity index (χ4v) is 2.51. The largest absolute Gasteiger partial charge is 0.481 e. The molecule has 0 bridgehead atoms. The van der Waals surface area contributed by atoms with E-state index in [9.17, 15) is 9.59 Å². The Morgan fingerprint density at radius 1 is 1.32 bits per heavy atom. The highest BCUT2D eigenvalue weighted by molar-refractivity contribution is 5.90. The predicted octanol–water partition coefficient (Wildman–Crippen LogP) is 2.52. The summed E-state index contributed by atoms with van der Waals surface area (Å²) in [6.45, 7) is 4.46. The van der Waals surface area contributed by atoms with Gasteiger partial charge in [0.25, 0.3) is 0 Å². The van der Waals surface area contributed by atoms with Crippen LogP contribution >= 0.6 is 0 Å². The van der Waals surface area contributed by atoms with E-state index in [1.807, 2.05) is 24.3 Å². The lowest BCUT2D eigenvalue weighted by atomic mass is 9.99. The van der Waals surface area contributed by atoms with Crippen molar-refractivity contribution in [2.45, 2.75) is 26.2 Å². The average Bonchev–Trinajstić information content (AvgIpc) is 2.48. The van der Waals surface area contributed by atoms with E-state index in [0.717, 1.165) is 24.7 Å². The standard InChI is InChI=1S/C16H23N3O3/c1-12-6-9-19(10-7-12)14-4-2-3-13(11-14)18-16(22)17-8-5-15(20)21/h2-4,11-12H,5-10H2,1H3,(H,20,21)(H2,17,18,22). The smallest absolute Gasteiger partial charge is 0.319 e. The Morgan fingerprint density at radius 2 is 2.05 bits per heavy atom. The first-order valence-electron chi connectivity index (χ1n) is 7.66. The number of carboxylic acids is 1. The highest BCUT2D eigenvalue weighted by atomic mass is 16.4. The summed E-state index contributed by atoms with van der Waals surface area (Å²) in [5.41, 5.74) is 1.82. The van der Waals surface area contributed by atoms with Crippen LogP contribution in [0.25, 0.3) is 0 Å². The van der Waals surface area contributed by atoms with Gasteiger partial charge >= 0.3 is 12.0 Å². The van der Waals surface area contributed by atoms with Crippen LogP contribution in [0.1, 0.15) is 26.2 Å². The van der Waals surface area contributed by atoms with Crippen LogP contribution in [0, 0.1) is 5.92 Å². The first kappa shape index (κ1) is 16.1. The van der Waals surface area contributed by atoms with E-state index in [4.69, 9.17) is 5.11 Å². The molecule has 120 valence electrons. The van der Waals surface area contributed by atoms with Crippen molar-refractivity contribution >= 4 is 23.4 Å². The Labute approximate surface area is 130 Å². The third-order valence-electron chi connectivity index (χ3n) is 3.88. The van der Waals surface area contributed by atoms with Crippen LogP contribution < -0.4 is 15.5 Å². The lowest BCUT2D eigenvalue weighted by molar-refractivity contribution is -0.136. The Hall–Kier alpha value is -2.24. The molecule has 1 aromatic rings. The Kier molecular flexibility index (Phi) is 5.63. The number of nitrogens with zero attached hydrogens (tertiary/aromatic N) is 1. The number of hydrogen-bond donors (Lipinski definition) is 3. The molecule has 0 radical (unpaired) electrons. The Morgan fingerprint density at radius 3 is 2.73 bits per heavy atom. The fourth-order valence-electron chi connectivity index (χ4n) is 2.51. The first-order valence-corrected chi connectivity index (χ1v) is 7.66. The Bertz CT molecular complexity index is 525.